The number of aromatic nitrogens is 2. The van der Waals surface area contributed by atoms with Gasteiger partial charge in [-0.25, -0.2) is 0 Å². The van der Waals surface area contributed by atoms with E-state index in [0.29, 0.717) is 0 Å². The Morgan fingerprint density at radius 3 is 3.07 bits per heavy atom. The fourth-order valence-corrected chi connectivity index (χ4v) is 1.93. The standard InChI is InChI=1S/C9H18N4S/c1-3-13-9(4-6-11-13)8(12-10)5-7-14-2/h4,6,8,12H,3,5,7,10H2,1-2H3. The quantitative estimate of drug-likeness (QED) is 0.551. The normalized spacial score (nSPS) is 13.1. The summed E-state index contributed by atoms with van der Waals surface area (Å²) in [5, 5.41) is 4.23. The van der Waals surface area contributed by atoms with Crippen LogP contribution in [0.25, 0.3) is 0 Å². The third kappa shape index (κ3) is 2.73. The third-order valence-corrected chi connectivity index (χ3v) is 2.86. The van der Waals surface area contributed by atoms with Crippen LogP contribution in [-0.4, -0.2) is 21.8 Å². The zero-order valence-electron chi connectivity index (χ0n) is 8.73. The highest BCUT2D eigenvalue weighted by molar-refractivity contribution is 7.98. The molecule has 0 amide bonds. The molecule has 80 valence electrons. The molecule has 0 aliphatic heterocycles. The second-order valence-electron chi connectivity index (χ2n) is 3.07. The van der Waals surface area contributed by atoms with Crippen molar-refractivity contribution in [3.8, 4) is 0 Å². The van der Waals surface area contributed by atoms with Crippen LogP contribution in [0.1, 0.15) is 25.1 Å². The van der Waals surface area contributed by atoms with E-state index in [0.717, 1.165) is 18.7 Å². The van der Waals surface area contributed by atoms with Crippen LogP contribution in [0.2, 0.25) is 0 Å². The average Bonchev–Trinajstić information content (AvgIpc) is 2.67. The summed E-state index contributed by atoms with van der Waals surface area (Å²) in [7, 11) is 0. The zero-order valence-corrected chi connectivity index (χ0v) is 9.55. The number of nitrogens with one attached hydrogen (secondary N) is 1. The van der Waals surface area contributed by atoms with Crippen molar-refractivity contribution in [2.75, 3.05) is 12.0 Å². The second-order valence-corrected chi connectivity index (χ2v) is 4.06. The molecule has 1 unspecified atom stereocenters. The summed E-state index contributed by atoms with van der Waals surface area (Å²) in [5.41, 5.74) is 4.01. The monoisotopic (exact) mass is 214 g/mol. The summed E-state index contributed by atoms with van der Waals surface area (Å²) in [4.78, 5) is 0. The highest BCUT2D eigenvalue weighted by Gasteiger charge is 2.13. The molecular formula is C9H18N4S. The molecule has 0 fully saturated rings. The van der Waals surface area contributed by atoms with Gasteiger partial charge < -0.3 is 0 Å². The molecule has 1 atom stereocenters. The Bertz CT molecular complexity index is 261. The largest absolute Gasteiger partial charge is 0.271 e. The number of hydrogen-bond donors (Lipinski definition) is 2. The molecule has 1 aromatic heterocycles. The van der Waals surface area contributed by atoms with Crippen molar-refractivity contribution in [3.05, 3.63) is 18.0 Å². The van der Waals surface area contributed by atoms with E-state index in [1.807, 2.05) is 28.7 Å². The summed E-state index contributed by atoms with van der Waals surface area (Å²) < 4.78 is 1.98. The van der Waals surface area contributed by atoms with E-state index in [4.69, 9.17) is 5.84 Å². The topological polar surface area (TPSA) is 55.9 Å². The molecule has 0 aromatic carbocycles. The molecule has 0 aliphatic carbocycles. The first kappa shape index (κ1) is 11.6. The molecule has 0 saturated carbocycles. The fraction of sp³-hybridized carbons (Fsp3) is 0.667. The molecule has 0 aliphatic rings. The van der Waals surface area contributed by atoms with Crippen LogP contribution < -0.4 is 11.3 Å². The second kappa shape index (κ2) is 6.06. The molecule has 4 nitrogen and oxygen atoms in total. The molecule has 1 heterocycles. The minimum Gasteiger partial charge on any atom is -0.271 e. The average molecular weight is 214 g/mol. The van der Waals surface area contributed by atoms with Crippen LogP contribution >= 0.6 is 11.8 Å². The van der Waals surface area contributed by atoms with Crippen molar-refractivity contribution >= 4 is 11.8 Å². The number of aryl methyl sites for hydroxylation is 1. The van der Waals surface area contributed by atoms with Crippen molar-refractivity contribution < 1.29 is 0 Å². The molecule has 0 spiro atoms. The van der Waals surface area contributed by atoms with Crippen LogP contribution in [0, 0.1) is 0 Å². The third-order valence-electron chi connectivity index (χ3n) is 2.22. The van der Waals surface area contributed by atoms with Gasteiger partial charge in [-0.2, -0.15) is 16.9 Å². The van der Waals surface area contributed by atoms with Gasteiger partial charge in [0, 0.05) is 12.7 Å². The minimum absolute atomic E-state index is 0.213. The Morgan fingerprint density at radius 2 is 2.50 bits per heavy atom. The van der Waals surface area contributed by atoms with Crippen molar-refractivity contribution in [1.82, 2.24) is 15.2 Å². The van der Waals surface area contributed by atoms with Gasteiger partial charge in [-0.05, 0) is 31.4 Å². The number of thioether (sulfide) groups is 1. The molecule has 14 heavy (non-hydrogen) atoms. The lowest BCUT2D eigenvalue weighted by molar-refractivity contribution is 0.484. The summed E-state index contributed by atoms with van der Waals surface area (Å²) in [6.07, 6.45) is 4.95. The van der Waals surface area contributed by atoms with Gasteiger partial charge in [0.15, 0.2) is 0 Å². The molecule has 3 N–H and O–H groups in total. The van der Waals surface area contributed by atoms with Crippen molar-refractivity contribution in [1.29, 1.82) is 0 Å². The number of nitrogens with two attached hydrogens (primary N) is 1. The highest BCUT2D eigenvalue weighted by Crippen LogP contribution is 2.17. The molecule has 0 bridgehead atoms. The van der Waals surface area contributed by atoms with Gasteiger partial charge in [-0.15, -0.1) is 0 Å². The maximum atomic E-state index is 5.53. The van der Waals surface area contributed by atoms with Gasteiger partial charge in [0.05, 0.1) is 11.7 Å². The molecule has 0 radical (unpaired) electrons. The lowest BCUT2D eigenvalue weighted by atomic mass is 10.1. The number of hydrogen-bond acceptors (Lipinski definition) is 4. The smallest absolute Gasteiger partial charge is 0.0636 e. The van der Waals surface area contributed by atoms with Gasteiger partial charge in [-0.3, -0.25) is 16.0 Å². The van der Waals surface area contributed by atoms with Crippen LogP contribution in [0.3, 0.4) is 0 Å². The lowest BCUT2D eigenvalue weighted by Crippen LogP contribution is -2.30. The van der Waals surface area contributed by atoms with E-state index in [9.17, 15) is 0 Å². The Labute approximate surface area is 89.2 Å². The summed E-state index contributed by atoms with van der Waals surface area (Å²) in [5.74, 6) is 6.63. The Balaban J connectivity index is 2.67. The van der Waals surface area contributed by atoms with Gasteiger partial charge in [0.2, 0.25) is 0 Å². The van der Waals surface area contributed by atoms with Crippen molar-refractivity contribution in [2.24, 2.45) is 5.84 Å². The minimum atomic E-state index is 0.213. The predicted molar refractivity (Wildman–Crippen MR) is 61.0 cm³/mol. The zero-order chi connectivity index (χ0) is 10.4. The number of rotatable bonds is 6. The summed E-state index contributed by atoms with van der Waals surface area (Å²) in [6.45, 7) is 2.97. The van der Waals surface area contributed by atoms with Gasteiger partial charge in [-0.1, -0.05) is 0 Å². The first-order chi connectivity index (χ1) is 6.83. The van der Waals surface area contributed by atoms with Gasteiger partial charge in [0.1, 0.15) is 0 Å². The van der Waals surface area contributed by atoms with Crippen LogP contribution in [0.4, 0.5) is 0 Å². The van der Waals surface area contributed by atoms with Crippen LogP contribution in [0.15, 0.2) is 12.3 Å². The molecule has 5 heteroatoms. The predicted octanol–water partition coefficient (Wildman–Crippen LogP) is 1.16. The lowest BCUT2D eigenvalue weighted by Gasteiger charge is -2.16. The molecular weight excluding hydrogens is 196 g/mol. The molecule has 0 saturated heterocycles. The number of hydrazine groups is 1. The Morgan fingerprint density at radius 1 is 1.71 bits per heavy atom. The van der Waals surface area contributed by atoms with Gasteiger partial charge >= 0.3 is 0 Å². The Kier molecular flexibility index (Phi) is 5.00. The van der Waals surface area contributed by atoms with Crippen LogP contribution in [0.5, 0.6) is 0 Å². The van der Waals surface area contributed by atoms with E-state index in [2.05, 4.69) is 23.7 Å². The SMILES string of the molecule is CCn1nccc1C(CCSC)NN. The van der Waals surface area contributed by atoms with E-state index in [-0.39, 0.29) is 6.04 Å². The fourth-order valence-electron chi connectivity index (χ4n) is 1.46. The van der Waals surface area contributed by atoms with E-state index in [1.165, 1.54) is 5.69 Å². The summed E-state index contributed by atoms with van der Waals surface area (Å²) >= 11 is 1.83. The first-order valence-corrected chi connectivity index (χ1v) is 6.19. The van der Waals surface area contributed by atoms with Gasteiger partial charge in [0.25, 0.3) is 0 Å². The maximum Gasteiger partial charge on any atom is 0.0636 e. The first-order valence-electron chi connectivity index (χ1n) is 4.80. The number of nitrogens with zero attached hydrogens (tertiary/aromatic N) is 2. The van der Waals surface area contributed by atoms with Crippen LogP contribution in [-0.2, 0) is 6.54 Å². The van der Waals surface area contributed by atoms with E-state index < -0.39 is 0 Å². The highest BCUT2D eigenvalue weighted by atomic mass is 32.2. The molecule has 1 rings (SSSR count). The van der Waals surface area contributed by atoms with Crippen molar-refractivity contribution in [2.45, 2.75) is 25.9 Å². The van der Waals surface area contributed by atoms with Crippen molar-refractivity contribution in [3.63, 3.8) is 0 Å². The molecule has 1 aromatic rings. The summed E-state index contributed by atoms with van der Waals surface area (Å²) in [6, 6.07) is 2.24. The van der Waals surface area contributed by atoms with E-state index >= 15 is 0 Å². The van der Waals surface area contributed by atoms with E-state index in [1.54, 1.807) is 0 Å². The Hall–Kier alpha value is -0.520. The maximum absolute atomic E-state index is 5.53.